The van der Waals surface area contributed by atoms with E-state index in [4.69, 9.17) is 5.26 Å². The van der Waals surface area contributed by atoms with Gasteiger partial charge in [0.05, 0.1) is 10.8 Å². The van der Waals surface area contributed by atoms with Crippen molar-refractivity contribution in [2.45, 2.75) is 44.1 Å². The van der Waals surface area contributed by atoms with E-state index in [-0.39, 0.29) is 0 Å². The summed E-state index contributed by atoms with van der Waals surface area (Å²) in [5, 5.41) is 8.66. The Kier molecular flexibility index (Phi) is 2.61. The van der Waals surface area contributed by atoms with Crippen LogP contribution in [-0.4, -0.2) is 17.9 Å². The Labute approximate surface area is 74.3 Å². The monoisotopic (exact) mass is 189 g/mol. The molecule has 0 N–H and O–H groups in total. The summed E-state index contributed by atoms with van der Waals surface area (Å²) in [4.78, 5) is 0. The molecule has 0 aromatic rings. The lowest BCUT2D eigenvalue weighted by atomic mass is 10.2. The molecule has 0 saturated heterocycles. The van der Waals surface area contributed by atoms with Crippen molar-refractivity contribution in [1.29, 1.82) is 5.26 Å². The van der Waals surface area contributed by atoms with Crippen LogP contribution in [0, 0.1) is 11.3 Å². The van der Waals surface area contributed by atoms with Gasteiger partial charge in [0.1, 0.15) is 0 Å². The molecule has 0 aromatic carbocycles. The molecule has 70 valence electrons. The minimum Gasteiger partial charge on any atom is -0.227 e. The van der Waals surface area contributed by atoms with Gasteiger partial charge in [-0.3, -0.25) is 0 Å². The number of hydrogen-bond acceptors (Lipinski definition) is 3. The molecule has 0 aliphatic heterocycles. The van der Waals surface area contributed by atoms with E-state index in [1.54, 1.807) is 26.8 Å². The summed E-state index contributed by atoms with van der Waals surface area (Å²) in [6, 6.07) is 1.80. The predicted octanol–water partition coefficient (Wildman–Crippen LogP) is 1.50. The maximum Gasteiger partial charge on any atom is 0.173 e. The maximum absolute atomic E-state index is 11.7. The van der Waals surface area contributed by atoms with Gasteiger partial charge in [-0.1, -0.05) is 0 Å². The first-order chi connectivity index (χ1) is 5.06. The number of rotatable bonds is 1. The summed E-state index contributed by atoms with van der Waals surface area (Å²) in [6.07, 6.45) is 0. The fourth-order valence-corrected chi connectivity index (χ4v) is 2.48. The molecule has 3 nitrogen and oxygen atoms in total. The maximum atomic E-state index is 11.7. The summed E-state index contributed by atoms with van der Waals surface area (Å²) in [5.41, 5.74) is 0. The van der Waals surface area contributed by atoms with Gasteiger partial charge in [-0.15, -0.1) is 0 Å². The number of sulfone groups is 1. The fraction of sp³-hybridized carbons (Fsp3) is 0.875. The van der Waals surface area contributed by atoms with E-state index in [1.807, 2.05) is 0 Å². The summed E-state index contributed by atoms with van der Waals surface area (Å²) in [7, 11) is -3.39. The van der Waals surface area contributed by atoms with E-state index in [9.17, 15) is 8.42 Å². The van der Waals surface area contributed by atoms with Crippen molar-refractivity contribution in [3.8, 4) is 6.07 Å². The molecule has 0 unspecified atom stereocenters. The van der Waals surface area contributed by atoms with E-state index in [0.29, 0.717) is 0 Å². The molecular weight excluding hydrogens is 174 g/mol. The molecule has 0 saturated carbocycles. The van der Waals surface area contributed by atoms with E-state index in [2.05, 4.69) is 0 Å². The topological polar surface area (TPSA) is 57.9 Å². The average Bonchev–Trinajstić information content (AvgIpc) is 1.85. The van der Waals surface area contributed by atoms with Crippen LogP contribution in [0.3, 0.4) is 0 Å². The molecule has 12 heavy (non-hydrogen) atoms. The van der Waals surface area contributed by atoms with Crippen LogP contribution < -0.4 is 0 Å². The molecule has 0 aliphatic rings. The normalized spacial score (nSPS) is 14.0. The largest absolute Gasteiger partial charge is 0.227 e. The molecule has 0 fully saturated rings. The smallest absolute Gasteiger partial charge is 0.173 e. The quantitative estimate of drug-likeness (QED) is 0.628. The second-order valence-corrected chi connectivity index (χ2v) is 7.49. The van der Waals surface area contributed by atoms with Crippen molar-refractivity contribution in [2.24, 2.45) is 0 Å². The Morgan fingerprint density at radius 3 is 1.50 bits per heavy atom. The first-order valence-corrected chi connectivity index (χ1v) is 5.20. The van der Waals surface area contributed by atoms with Crippen molar-refractivity contribution in [1.82, 2.24) is 0 Å². The van der Waals surface area contributed by atoms with Gasteiger partial charge < -0.3 is 0 Å². The van der Waals surface area contributed by atoms with Crippen LogP contribution in [0.15, 0.2) is 0 Å². The first kappa shape index (κ1) is 11.4. The molecule has 0 rings (SSSR count). The van der Waals surface area contributed by atoms with Gasteiger partial charge in [0.2, 0.25) is 0 Å². The first-order valence-electron chi connectivity index (χ1n) is 3.72. The lowest BCUT2D eigenvalue weighted by molar-refractivity contribution is 0.538. The molecule has 0 spiro atoms. The molecule has 0 heterocycles. The fourth-order valence-electron chi connectivity index (χ4n) is 0.826. The molecule has 0 aromatic heterocycles. The summed E-state index contributed by atoms with van der Waals surface area (Å²) < 4.78 is 21.2. The predicted molar refractivity (Wildman–Crippen MR) is 48.4 cm³/mol. The molecule has 0 radical (unpaired) electrons. The molecular formula is C8H15NO2S. The summed E-state index contributed by atoms with van der Waals surface area (Å²) >= 11 is 0. The van der Waals surface area contributed by atoms with Gasteiger partial charge >= 0.3 is 0 Å². The third-order valence-electron chi connectivity index (χ3n) is 1.75. The van der Waals surface area contributed by atoms with Crippen molar-refractivity contribution in [3.63, 3.8) is 0 Å². The second-order valence-electron chi connectivity index (χ2n) is 4.24. The molecule has 0 amide bonds. The van der Waals surface area contributed by atoms with Crippen molar-refractivity contribution in [2.75, 3.05) is 0 Å². The minimum atomic E-state index is -3.39. The Hall–Kier alpha value is -0.560. The third-order valence-corrected chi connectivity index (χ3v) is 4.79. The van der Waals surface area contributed by atoms with Crippen molar-refractivity contribution >= 4 is 9.84 Å². The van der Waals surface area contributed by atoms with E-state index in [0.717, 1.165) is 0 Å². The molecule has 4 heteroatoms. The SMILES string of the molecule is CC(C)(C)S(=O)(=O)C(C)(C)C#N. The standard InChI is InChI=1S/C8H15NO2S/c1-7(2,3)12(10,11)8(4,5)6-9/h1-5H3. The van der Waals surface area contributed by atoms with Crippen LogP contribution >= 0.6 is 0 Å². The van der Waals surface area contributed by atoms with Gasteiger partial charge in [0, 0.05) is 0 Å². The molecule has 0 aliphatic carbocycles. The van der Waals surface area contributed by atoms with Crippen LogP contribution in [0.4, 0.5) is 0 Å². The van der Waals surface area contributed by atoms with Gasteiger partial charge in [-0.25, -0.2) is 8.42 Å². The van der Waals surface area contributed by atoms with Crippen LogP contribution in [0.5, 0.6) is 0 Å². The van der Waals surface area contributed by atoms with Gasteiger partial charge in [0.25, 0.3) is 0 Å². The van der Waals surface area contributed by atoms with Gasteiger partial charge in [-0.2, -0.15) is 5.26 Å². The zero-order valence-corrected chi connectivity index (χ0v) is 8.99. The van der Waals surface area contributed by atoms with E-state index >= 15 is 0 Å². The minimum absolute atomic E-state index is 0.869. The number of hydrogen-bond donors (Lipinski definition) is 0. The third kappa shape index (κ3) is 1.61. The highest BCUT2D eigenvalue weighted by molar-refractivity contribution is 7.94. The Balaban J connectivity index is 5.35. The highest BCUT2D eigenvalue weighted by Crippen LogP contribution is 2.27. The van der Waals surface area contributed by atoms with E-state index in [1.165, 1.54) is 13.8 Å². The number of nitrogens with zero attached hydrogens (tertiary/aromatic N) is 1. The van der Waals surface area contributed by atoms with Crippen molar-refractivity contribution < 1.29 is 8.42 Å². The van der Waals surface area contributed by atoms with Gasteiger partial charge in [0.15, 0.2) is 14.6 Å². The highest BCUT2D eigenvalue weighted by atomic mass is 32.2. The van der Waals surface area contributed by atoms with E-state index < -0.39 is 19.3 Å². The van der Waals surface area contributed by atoms with Crippen LogP contribution in [0.25, 0.3) is 0 Å². The Morgan fingerprint density at radius 1 is 1.08 bits per heavy atom. The van der Waals surface area contributed by atoms with Crippen LogP contribution in [0.1, 0.15) is 34.6 Å². The Bertz CT molecular complexity index is 301. The Morgan fingerprint density at radius 2 is 1.42 bits per heavy atom. The number of nitriles is 1. The molecule has 0 atom stereocenters. The zero-order chi connectivity index (χ0) is 10.2. The summed E-state index contributed by atoms with van der Waals surface area (Å²) in [5.74, 6) is 0. The lowest BCUT2D eigenvalue weighted by Crippen LogP contribution is -2.42. The lowest BCUT2D eigenvalue weighted by Gasteiger charge is -2.27. The van der Waals surface area contributed by atoms with Crippen molar-refractivity contribution in [3.05, 3.63) is 0 Å². The van der Waals surface area contributed by atoms with Crippen LogP contribution in [-0.2, 0) is 9.84 Å². The highest BCUT2D eigenvalue weighted by Gasteiger charge is 2.43. The van der Waals surface area contributed by atoms with Gasteiger partial charge in [-0.05, 0) is 34.6 Å². The second kappa shape index (κ2) is 2.74. The molecule has 0 bridgehead atoms. The van der Waals surface area contributed by atoms with Crippen LogP contribution in [0.2, 0.25) is 0 Å². The average molecular weight is 189 g/mol. The zero-order valence-electron chi connectivity index (χ0n) is 8.17. The summed E-state index contributed by atoms with van der Waals surface area (Å²) in [6.45, 7) is 7.64.